The second kappa shape index (κ2) is 2.26. The van der Waals surface area contributed by atoms with Crippen LogP contribution in [0.2, 0.25) is 0 Å². The molecule has 0 unspecified atom stereocenters. The minimum absolute atomic E-state index is 0.0256. The molecule has 1 aromatic heterocycles. The lowest BCUT2D eigenvalue weighted by atomic mass is 10.4. The zero-order valence-corrected chi connectivity index (χ0v) is 5.85. The van der Waals surface area contributed by atoms with Gasteiger partial charge >= 0.3 is 0 Å². The Hall–Kier alpha value is -1.52. The highest BCUT2D eigenvalue weighted by Gasteiger charge is 2.12. The maximum absolute atomic E-state index is 11.0. The van der Waals surface area contributed by atoms with E-state index in [1.807, 2.05) is 0 Å². The molecule has 3 N–H and O–H groups in total. The van der Waals surface area contributed by atoms with Crippen LogP contribution in [0.3, 0.4) is 0 Å². The van der Waals surface area contributed by atoms with Crippen molar-refractivity contribution in [2.24, 2.45) is 0 Å². The quantitative estimate of drug-likeness (QED) is 0.496. The Labute approximate surface area is 63.2 Å². The number of hydrogen-bond donors (Lipinski definition) is 3. The van der Waals surface area contributed by atoms with Crippen molar-refractivity contribution >= 4 is 17.4 Å². The first-order valence-electron chi connectivity index (χ1n) is 3.43. The maximum Gasteiger partial charge on any atom is 0.226 e. The van der Waals surface area contributed by atoms with Crippen LogP contribution in [0, 0.1) is 0 Å². The Bertz CT molecular complexity index is 280. The average Bonchev–Trinajstić information content (AvgIpc) is 2.31. The molecule has 0 spiro atoms. The SMILES string of the molecule is O=C1CCNc2[nH]ncc2N1. The molecular formula is C6H8N4O. The molecule has 2 heterocycles. The highest BCUT2D eigenvalue weighted by atomic mass is 16.1. The number of amides is 1. The van der Waals surface area contributed by atoms with E-state index in [4.69, 9.17) is 0 Å². The van der Waals surface area contributed by atoms with Gasteiger partial charge in [0, 0.05) is 13.0 Å². The second-order valence-corrected chi connectivity index (χ2v) is 2.38. The van der Waals surface area contributed by atoms with E-state index in [2.05, 4.69) is 20.8 Å². The number of fused-ring (bicyclic) bond motifs is 1. The monoisotopic (exact) mass is 152 g/mol. The molecule has 0 bridgehead atoms. The molecule has 1 amide bonds. The fraction of sp³-hybridized carbons (Fsp3) is 0.333. The summed E-state index contributed by atoms with van der Waals surface area (Å²) in [6, 6.07) is 0. The van der Waals surface area contributed by atoms with Crippen LogP contribution in [0.25, 0.3) is 0 Å². The molecule has 0 atom stereocenters. The average molecular weight is 152 g/mol. The van der Waals surface area contributed by atoms with Gasteiger partial charge in [0.15, 0.2) is 0 Å². The van der Waals surface area contributed by atoms with Crippen molar-refractivity contribution in [3.63, 3.8) is 0 Å². The third-order valence-electron chi connectivity index (χ3n) is 1.57. The molecule has 0 aromatic carbocycles. The standard InChI is InChI=1S/C6H8N4O/c11-5-1-2-7-6-4(9-5)3-8-10-6/h3H,1-2H2,(H,9,11)(H2,7,8,10). The zero-order valence-electron chi connectivity index (χ0n) is 5.85. The molecule has 5 heteroatoms. The van der Waals surface area contributed by atoms with Gasteiger partial charge in [-0.3, -0.25) is 9.89 Å². The summed E-state index contributed by atoms with van der Waals surface area (Å²) in [7, 11) is 0. The Morgan fingerprint density at radius 2 is 2.45 bits per heavy atom. The lowest BCUT2D eigenvalue weighted by molar-refractivity contribution is -0.115. The highest BCUT2D eigenvalue weighted by molar-refractivity contribution is 5.94. The van der Waals surface area contributed by atoms with Crippen LogP contribution in [-0.4, -0.2) is 22.6 Å². The van der Waals surface area contributed by atoms with Gasteiger partial charge in [0.2, 0.25) is 5.91 Å². The number of nitrogens with zero attached hydrogens (tertiary/aromatic N) is 1. The fourth-order valence-electron chi connectivity index (χ4n) is 1.03. The molecule has 0 radical (unpaired) electrons. The van der Waals surface area contributed by atoms with Crippen LogP contribution in [0.15, 0.2) is 6.20 Å². The summed E-state index contributed by atoms with van der Waals surface area (Å²) in [6.45, 7) is 0.654. The predicted octanol–water partition coefficient (Wildman–Crippen LogP) is 0.164. The van der Waals surface area contributed by atoms with Crippen LogP contribution in [0.4, 0.5) is 11.5 Å². The normalized spacial score (nSPS) is 16.2. The van der Waals surface area contributed by atoms with Crippen molar-refractivity contribution in [2.75, 3.05) is 17.2 Å². The zero-order chi connectivity index (χ0) is 7.68. The van der Waals surface area contributed by atoms with Crippen LogP contribution < -0.4 is 10.6 Å². The minimum Gasteiger partial charge on any atom is -0.368 e. The number of rotatable bonds is 0. The molecule has 0 aliphatic carbocycles. The second-order valence-electron chi connectivity index (χ2n) is 2.38. The van der Waals surface area contributed by atoms with Crippen molar-refractivity contribution in [3.8, 4) is 0 Å². The van der Waals surface area contributed by atoms with Gasteiger partial charge in [0.05, 0.1) is 6.20 Å². The van der Waals surface area contributed by atoms with Crippen molar-refractivity contribution in [3.05, 3.63) is 6.20 Å². The molecule has 1 aliphatic rings. The largest absolute Gasteiger partial charge is 0.368 e. The lowest BCUT2D eigenvalue weighted by Gasteiger charge is -1.96. The summed E-state index contributed by atoms with van der Waals surface area (Å²) in [6.07, 6.45) is 2.09. The van der Waals surface area contributed by atoms with E-state index in [1.165, 1.54) is 0 Å². The van der Waals surface area contributed by atoms with E-state index in [0.717, 1.165) is 11.5 Å². The highest BCUT2D eigenvalue weighted by Crippen LogP contribution is 2.19. The van der Waals surface area contributed by atoms with Gasteiger partial charge in [0.25, 0.3) is 0 Å². The van der Waals surface area contributed by atoms with E-state index in [9.17, 15) is 4.79 Å². The fourth-order valence-corrected chi connectivity index (χ4v) is 1.03. The van der Waals surface area contributed by atoms with Gasteiger partial charge in [-0.2, -0.15) is 5.10 Å². The van der Waals surface area contributed by atoms with Gasteiger partial charge in [-0.25, -0.2) is 0 Å². The Morgan fingerprint density at radius 1 is 1.55 bits per heavy atom. The topological polar surface area (TPSA) is 69.8 Å². The van der Waals surface area contributed by atoms with Crippen molar-refractivity contribution < 1.29 is 4.79 Å². The van der Waals surface area contributed by atoms with E-state index < -0.39 is 0 Å². The van der Waals surface area contributed by atoms with Gasteiger partial charge in [0.1, 0.15) is 11.5 Å². The molecule has 11 heavy (non-hydrogen) atoms. The van der Waals surface area contributed by atoms with E-state index in [0.29, 0.717) is 13.0 Å². The first kappa shape index (κ1) is 6.21. The Morgan fingerprint density at radius 3 is 3.36 bits per heavy atom. The summed E-state index contributed by atoms with van der Waals surface area (Å²) in [4.78, 5) is 11.0. The summed E-state index contributed by atoms with van der Waals surface area (Å²) < 4.78 is 0. The van der Waals surface area contributed by atoms with E-state index in [-0.39, 0.29) is 5.91 Å². The number of anilines is 2. The third kappa shape index (κ3) is 1.04. The first-order valence-corrected chi connectivity index (χ1v) is 3.43. The predicted molar refractivity (Wildman–Crippen MR) is 40.3 cm³/mol. The molecule has 1 aliphatic heterocycles. The molecular weight excluding hydrogens is 144 g/mol. The van der Waals surface area contributed by atoms with Crippen LogP contribution in [0.1, 0.15) is 6.42 Å². The third-order valence-corrected chi connectivity index (χ3v) is 1.57. The summed E-state index contributed by atoms with van der Waals surface area (Å²) in [5.74, 6) is 0.813. The molecule has 0 saturated carbocycles. The number of nitrogens with one attached hydrogen (secondary N) is 3. The molecule has 0 fully saturated rings. The van der Waals surface area contributed by atoms with Gasteiger partial charge in [-0.05, 0) is 0 Å². The number of carbonyl (C=O) groups excluding carboxylic acids is 1. The van der Waals surface area contributed by atoms with Gasteiger partial charge in [-0.1, -0.05) is 0 Å². The van der Waals surface area contributed by atoms with Gasteiger partial charge in [-0.15, -0.1) is 0 Å². The number of aromatic amines is 1. The Balaban J connectivity index is 2.32. The molecule has 5 nitrogen and oxygen atoms in total. The molecule has 58 valence electrons. The smallest absolute Gasteiger partial charge is 0.226 e. The number of carbonyl (C=O) groups is 1. The summed E-state index contributed by atoms with van der Waals surface area (Å²) >= 11 is 0. The van der Waals surface area contributed by atoms with E-state index in [1.54, 1.807) is 6.20 Å². The van der Waals surface area contributed by atoms with Crippen LogP contribution in [0.5, 0.6) is 0 Å². The lowest BCUT2D eigenvalue weighted by Crippen LogP contribution is -2.10. The number of H-pyrrole nitrogens is 1. The van der Waals surface area contributed by atoms with Crippen molar-refractivity contribution in [1.29, 1.82) is 0 Å². The summed E-state index contributed by atoms with van der Waals surface area (Å²) in [5.41, 5.74) is 0.729. The van der Waals surface area contributed by atoms with Crippen molar-refractivity contribution in [2.45, 2.75) is 6.42 Å². The number of aromatic nitrogens is 2. The minimum atomic E-state index is 0.0256. The van der Waals surface area contributed by atoms with Crippen molar-refractivity contribution in [1.82, 2.24) is 10.2 Å². The van der Waals surface area contributed by atoms with Crippen LogP contribution >= 0.6 is 0 Å². The first-order chi connectivity index (χ1) is 5.36. The molecule has 0 saturated heterocycles. The van der Waals surface area contributed by atoms with E-state index >= 15 is 0 Å². The maximum atomic E-state index is 11.0. The summed E-state index contributed by atoms with van der Waals surface area (Å²) in [5, 5.41) is 12.3. The Kier molecular flexibility index (Phi) is 1.28. The van der Waals surface area contributed by atoms with Crippen LogP contribution in [-0.2, 0) is 4.79 Å². The number of hydrogen-bond acceptors (Lipinski definition) is 3. The molecule has 2 rings (SSSR count). The van der Waals surface area contributed by atoms with Gasteiger partial charge < -0.3 is 10.6 Å². The molecule has 1 aromatic rings.